The van der Waals surface area contributed by atoms with E-state index in [9.17, 15) is 19.8 Å². The average molecular weight is 1240 g/mol. The number of ether oxygens (including phenoxy) is 1. The molecule has 2 atom stereocenters. The summed E-state index contributed by atoms with van der Waals surface area (Å²) in [5.74, 6) is -0.00827. The number of aliphatic hydroxyl groups excluding tert-OH is 2. The van der Waals surface area contributed by atoms with Gasteiger partial charge in [0, 0.05) is 12.8 Å². The molecule has 0 aromatic carbocycles. The number of aliphatic hydroxyl groups is 2. The fourth-order valence-corrected chi connectivity index (χ4v) is 13.3. The van der Waals surface area contributed by atoms with Crippen molar-refractivity contribution in [1.82, 2.24) is 5.32 Å². The normalized spacial score (nSPS) is 12.5. The lowest BCUT2D eigenvalue weighted by Gasteiger charge is -2.22. The molecule has 88 heavy (non-hydrogen) atoms. The highest BCUT2D eigenvalue weighted by atomic mass is 16.5. The fourth-order valence-electron chi connectivity index (χ4n) is 13.3. The summed E-state index contributed by atoms with van der Waals surface area (Å²) in [6, 6.07) is -0.537. The van der Waals surface area contributed by atoms with E-state index in [2.05, 4.69) is 31.3 Å². The zero-order valence-corrected chi connectivity index (χ0v) is 60.3. The smallest absolute Gasteiger partial charge is 0.305 e. The van der Waals surface area contributed by atoms with E-state index in [1.165, 1.54) is 398 Å². The first-order chi connectivity index (χ1) is 43.5. The number of unbranched alkanes of at least 4 members (excludes halogenated alkanes) is 65. The van der Waals surface area contributed by atoms with Gasteiger partial charge in [-0.3, -0.25) is 9.59 Å². The zero-order valence-electron chi connectivity index (χ0n) is 60.3. The van der Waals surface area contributed by atoms with E-state index >= 15 is 0 Å². The minimum atomic E-state index is -0.660. The highest BCUT2D eigenvalue weighted by Crippen LogP contribution is 2.21. The van der Waals surface area contributed by atoms with Gasteiger partial charge in [0.15, 0.2) is 0 Å². The predicted molar refractivity (Wildman–Crippen MR) is 389 cm³/mol. The van der Waals surface area contributed by atoms with Crippen molar-refractivity contribution < 1.29 is 24.5 Å². The molecule has 2 unspecified atom stereocenters. The van der Waals surface area contributed by atoms with Gasteiger partial charge in [-0.15, -0.1) is 0 Å². The van der Waals surface area contributed by atoms with Gasteiger partial charge < -0.3 is 20.3 Å². The first-order valence-corrected chi connectivity index (χ1v) is 40.9. The minimum absolute atomic E-state index is 0.0149. The third-order valence-electron chi connectivity index (χ3n) is 19.6. The molecule has 524 valence electrons. The Kier molecular flexibility index (Phi) is 76.8. The molecule has 0 aromatic rings. The number of carbonyl (C=O) groups is 2. The van der Waals surface area contributed by atoms with Crippen LogP contribution in [0.5, 0.6) is 0 Å². The molecule has 0 heterocycles. The van der Waals surface area contributed by atoms with Crippen LogP contribution >= 0.6 is 0 Å². The molecule has 0 aromatic heterocycles. The Morgan fingerprint density at radius 1 is 0.307 bits per heavy atom. The maximum Gasteiger partial charge on any atom is 0.305 e. The number of esters is 1. The number of hydrogen-bond donors (Lipinski definition) is 3. The van der Waals surface area contributed by atoms with Crippen molar-refractivity contribution in [2.75, 3.05) is 13.2 Å². The molecule has 0 bridgehead atoms. The second-order valence-electron chi connectivity index (χ2n) is 28.5. The van der Waals surface area contributed by atoms with E-state index in [1.54, 1.807) is 0 Å². The zero-order chi connectivity index (χ0) is 63.5. The highest BCUT2D eigenvalue weighted by molar-refractivity contribution is 5.76. The molecule has 0 fully saturated rings. The van der Waals surface area contributed by atoms with Crippen LogP contribution in [0.4, 0.5) is 0 Å². The van der Waals surface area contributed by atoms with Gasteiger partial charge in [0.05, 0.1) is 25.4 Å². The Labute approximate surface area is 552 Å². The summed E-state index contributed by atoms with van der Waals surface area (Å²) in [6.45, 7) is 4.98. The second-order valence-corrected chi connectivity index (χ2v) is 28.5. The van der Waals surface area contributed by atoms with E-state index in [0.717, 1.165) is 44.9 Å². The van der Waals surface area contributed by atoms with Gasteiger partial charge >= 0.3 is 5.97 Å². The van der Waals surface area contributed by atoms with Crippen LogP contribution in [-0.4, -0.2) is 47.4 Å². The molecular formula is C82H161NO5. The first kappa shape index (κ1) is 86.6. The third-order valence-corrected chi connectivity index (χ3v) is 19.6. The van der Waals surface area contributed by atoms with Crippen molar-refractivity contribution in [2.24, 2.45) is 0 Å². The summed E-state index contributed by atoms with van der Waals surface area (Å²) < 4.78 is 5.48. The highest BCUT2D eigenvalue weighted by Gasteiger charge is 2.20. The Hall–Kier alpha value is -1.40. The molecule has 0 aliphatic rings. The summed E-state index contributed by atoms with van der Waals surface area (Å²) in [6.07, 6.45) is 99.0. The van der Waals surface area contributed by atoms with Gasteiger partial charge in [-0.25, -0.2) is 0 Å². The first-order valence-electron chi connectivity index (χ1n) is 40.9. The van der Waals surface area contributed by atoms with Gasteiger partial charge in [0.1, 0.15) is 0 Å². The van der Waals surface area contributed by atoms with Crippen LogP contribution in [0.2, 0.25) is 0 Å². The van der Waals surface area contributed by atoms with Crippen molar-refractivity contribution >= 4 is 11.9 Å². The largest absolute Gasteiger partial charge is 0.466 e. The van der Waals surface area contributed by atoms with Crippen LogP contribution < -0.4 is 5.32 Å². The van der Waals surface area contributed by atoms with Gasteiger partial charge in [-0.1, -0.05) is 424 Å². The molecule has 3 N–H and O–H groups in total. The minimum Gasteiger partial charge on any atom is -0.466 e. The van der Waals surface area contributed by atoms with Crippen molar-refractivity contribution in [1.29, 1.82) is 0 Å². The van der Waals surface area contributed by atoms with Crippen LogP contribution in [-0.2, 0) is 14.3 Å². The number of carbonyl (C=O) groups excluding carboxylic acids is 2. The number of nitrogens with one attached hydrogen (secondary N) is 1. The monoisotopic (exact) mass is 1240 g/mol. The van der Waals surface area contributed by atoms with Crippen molar-refractivity contribution in [2.45, 2.75) is 488 Å². The van der Waals surface area contributed by atoms with E-state index in [-0.39, 0.29) is 18.5 Å². The van der Waals surface area contributed by atoms with Crippen molar-refractivity contribution in [3.63, 3.8) is 0 Å². The number of amides is 1. The van der Waals surface area contributed by atoms with Crippen molar-refractivity contribution in [3.8, 4) is 0 Å². The lowest BCUT2D eigenvalue weighted by Crippen LogP contribution is -2.45. The molecule has 0 aliphatic heterocycles. The summed E-state index contributed by atoms with van der Waals surface area (Å²) in [5.41, 5.74) is 0. The number of rotatable bonds is 78. The summed E-state index contributed by atoms with van der Waals surface area (Å²) in [5, 5.41) is 23.5. The molecule has 6 heteroatoms. The van der Waals surface area contributed by atoms with Crippen LogP contribution in [0.25, 0.3) is 0 Å². The van der Waals surface area contributed by atoms with E-state index < -0.39 is 12.1 Å². The van der Waals surface area contributed by atoms with Gasteiger partial charge in [-0.2, -0.15) is 0 Å². The maximum atomic E-state index is 12.6. The SMILES string of the molecule is CCCCC/C=C\CCCCCCCC(=O)OCCCCCCCCCCCCCCCCCCCCCCCCCCCCCCCCCCCCCCCCCC(=O)NC(CO)C(O)CCCCCCCCCCCCCCCCCCCCCC. The molecule has 0 aliphatic carbocycles. The number of allylic oxidation sites excluding steroid dienone is 2. The second kappa shape index (κ2) is 78.0. The molecule has 1 amide bonds. The molecular weight excluding hydrogens is 1080 g/mol. The topological polar surface area (TPSA) is 95.9 Å². The third kappa shape index (κ3) is 73.6. The quantitative estimate of drug-likeness (QED) is 0.0320. The Morgan fingerprint density at radius 2 is 0.534 bits per heavy atom. The van der Waals surface area contributed by atoms with Gasteiger partial charge in [-0.05, 0) is 51.4 Å². The van der Waals surface area contributed by atoms with E-state index in [1.807, 2.05) is 0 Å². The van der Waals surface area contributed by atoms with Gasteiger partial charge in [0.2, 0.25) is 5.91 Å². The molecule has 0 rings (SSSR count). The van der Waals surface area contributed by atoms with Crippen molar-refractivity contribution in [3.05, 3.63) is 12.2 Å². The Bertz CT molecular complexity index is 1340. The molecule has 6 nitrogen and oxygen atoms in total. The van der Waals surface area contributed by atoms with Crippen LogP contribution in [0, 0.1) is 0 Å². The standard InChI is InChI=1S/C82H161NO5/c1-3-5-7-9-11-13-15-17-18-19-20-42-45-48-51-54-58-62-66-70-74-80(85)79(78-84)83-81(86)75-71-67-63-59-55-52-49-46-43-40-38-36-34-32-30-28-26-24-22-21-23-25-27-29-31-33-35-37-39-41-44-47-50-53-57-61-65-69-73-77-88-82(87)76-72-68-64-60-56-16-14-12-10-8-6-4-2/h12,14,79-80,84-85H,3-11,13,15-78H2,1-2H3,(H,83,86)/b14-12-. The lowest BCUT2D eigenvalue weighted by atomic mass is 10.0. The van der Waals surface area contributed by atoms with Crippen LogP contribution in [0.1, 0.15) is 476 Å². The molecule has 0 saturated heterocycles. The number of hydrogen-bond acceptors (Lipinski definition) is 5. The lowest BCUT2D eigenvalue weighted by molar-refractivity contribution is -0.143. The van der Waals surface area contributed by atoms with Crippen LogP contribution in [0.15, 0.2) is 12.2 Å². The van der Waals surface area contributed by atoms with Gasteiger partial charge in [0.25, 0.3) is 0 Å². The predicted octanol–water partition coefficient (Wildman–Crippen LogP) is 27.1. The maximum absolute atomic E-state index is 12.6. The Balaban J connectivity index is 3.29. The molecule has 0 spiro atoms. The molecule has 0 saturated carbocycles. The van der Waals surface area contributed by atoms with Crippen LogP contribution in [0.3, 0.4) is 0 Å². The molecule has 0 radical (unpaired) electrons. The summed E-state index contributed by atoms with van der Waals surface area (Å²) in [4.78, 5) is 24.6. The summed E-state index contributed by atoms with van der Waals surface area (Å²) >= 11 is 0. The van der Waals surface area contributed by atoms with E-state index in [0.29, 0.717) is 25.9 Å². The fraction of sp³-hybridized carbons (Fsp3) is 0.951. The Morgan fingerprint density at radius 3 is 0.830 bits per heavy atom. The average Bonchev–Trinajstić information content (AvgIpc) is 3.55. The summed E-state index contributed by atoms with van der Waals surface area (Å²) in [7, 11) is 0. The van der Waals surface area contributed by atoms with E-state index in [4.69, 9.17) is 4.74 Å².